The van der Waals surface area contributed by atoms with Gasteiger partial charge in [0.05, 0.1) is 17.1 Å². The minimum Gasteiger partial charge on any atom is -0.473 e. The Morgan fingerprint density at radius 1 is 1.21 bits per heavy atom. The number of ether oxygens (including phenoxy) is 1. The average molecular weight is 404 g/mol. The highest BCUT2D eigenvalue weighted by molar-refractivity contribution is 7.90. The van der Waals surface area contributed by atoms with Crippen LogP contribution in [0.5, 0.6) is 5.88 Å². The number of carbonyl (C=O) groups is 1. The number of nitrogens with one attached hydrogen (secondary N) is 1. The van der Waals surface area contributed by atoms with E-state index in [9.17, 15) is 13.2 Å². The highest BCUT2D eigenvalue weighted by Crippen LogP contribution is 2.19. The average Bonchev–Trinajstić information content (AvgIpc) is 2.68. The zero-order chi connectivity index (χ0) is 20.1. The highest BCUT2D eigenvalue weighted by Gasteiger charge is 2.25. The first-order valence-electron chi connectivity index (χ1n) is 9.11. The molecule has 0 spiro atoms. The Kier molecular flexibility index (Phi) is 6.13. The molecule has 0 saturated carbocycles. The Bertz CT molecular complexity index is 895. The summed E-state index contributed by atoms with van der Waals surface area (Å²) in [6, 6.07) is 6.20. The number of urea groups is 1. The molecule has 1 aliphatic rings. The van der Waals surface area contributed by atoms with Crippen molar-refractivity contribution in [1.29, 1.82) is 0 Å². The third-order valence-electron chi connectivity index (χ3n) is 4.70. The van der Waals surface area contributed by atoms with Crippen LogP contribution in [0.15, 0.2) is 47.8 Å². The third-order valence-corrected chi connectivity index (χ3v) is 5.83. The van der Waals surface area contributed by atoms with Crippen molar-refractivity contribution in [2.24, 2.45) is 0 Å². The number of amides is 2. The Labute approximate surface area is 164 Å². The maximum atomic E-state index is 12.5. The summed E-state index contributed by atoms with van der Waals surface area (Å²) >= 11 is 0. The van der Waals surface area contributed by atoms with Gasteiger partial charge in [0.15, 0.2) is 9.84 Å². The van der Waals surface area contributed by atoms with Gasteiger partial charge in [0, 0.05) is 44.6 Å². The van der Waals surface area contributed by atoms with Crippen LogP contribution in [0, 0.1) is 0 Å². The number of likely N-dealkylation sites (tertiary alicyclic amines) is 1. The number of aromatic nitrogens is 2. The maximum Gasteiger partial charge on any atom is 0.317 e. The van der Waals surface area contributed by atoms with Crippen molar-refractivity contribution >= 4 is 15.9 Å². The number of hydrogen-bond donors (Lipinski definition) is 1. The van der Waals surface area contributed by atoms with Crippen LogP contribution < -0.4 is 10.1 Å². The standard InChI is InChI=1S/C19H24N4O4S/c1-14(15-3-5-17(6-4-15)28(2,25)26)22-19(24)23-11-7-16(8-12-23)27-18-13-20-9-10-21-18/h3-6,9-10,13-14,16H,7-8,11-12H2,1-2H3,(H,22,24). The lowest BCUT2D eigenvalue weighted by Crippen LogP contribution is -2.47. The summed E-state index contributed by atoms with van der Waals surface area (Å²) < 4.78 is 28.9. The number of hydrogen-bond acceptors (Lipinski definition) is 6. The highest BCUT2D eigenvalue weighted by atomic mass is 32.2. The van der Waals surface area contributed by atoms with E-state index >= 15 is 0 Å². The fourth-order valence-corrected chi connectivity index (χ4v) is 3.69. The van der Waals surface area contributed by atoms with Gasteiger partial charge in [-0.1, -0.05) is 12.1 Å². The number of nitrogens with zero attached hydrogens (tertiary/aromatic N) is 3. The largest absolute Gasteiger partial charge is 0.473 e. The van der Waals surface area contributed by atoms with Crippen molar-refractivity contribution in [3.8, 4) is 5.88 Å². The van der Waals surface area contributed by atoms with Gasteiger partial charge in [0.2, 0.25) is 5.88 Å². The molecule has 1 atom stereocenters. The predicted molar refractivity (Wildman–Crippen MR) is 104 cm³/mol. The van der Waals surface area contributed by atoms with Gasteiger partial charge in [0.1, 0.15) is 6.10 Å². The normalized spacial score (nSPS) is 16.4. The number of sulfone groups is 1. The molecule has 1 aromatic heterocycles. The molecule has 1 N–H and O–H groups in total. The zero-order valence-corrected chi connectivity index (χ0v) is 16.7. The number of piperidine rings is 1. The fourth-order valence-electron chi connectivity index (χ4n) is 3.06. The van der Waals surface area contributed by atoms with Crippen LogP contribution in [0.3, 0.4) is 0 Å². The summed E-state index contributed by atoms with van der Waals surface area (Å²) in [5.74, 6) is 0.497. The minimum absolute atomic E-state index is 0.0155. The summed E-state index contributed by atoms with van der Waals surface area (Å²) in [5.41, 5.74) is 0.849. The van der Waals surface area contributed by atoms with E-state index in [2.05, 4.69) is 15.3 Å². The van der Waals surface area contributed by atoms with Gasteiger partial charge in [-0.15, -0.1) is 0 Å². The quantitative estimate of drug-likeness (QED) is 0.820. The van der Waals surface area contributed by atoms with Gasteiger partial charge in [-0.3, -0.25) is 4.98 Å². The zero-order valence-electron chi connectivity index (χ0n) is 15.9. The molecule has 1 fully saturated rings. The number of benzene rings is 1. The SMILES string of the molecule is CC(NC(=O)N1CCC(Oc2cnccn2)CC1)c1ccc(S(C)(=O)=O)cc1. The Morgan fingerprint density at radius 3 is 2.46 bits per heavy atom. The molecule has 9 heteroatoms. The Balaban J connectivity index is 1.50. The molecule has 2 heterocycles. The second kappa shape index (κ2) is 8.55. The first-order valence-corrected chi connectivity index (χ1v) is 11.0. The summed E-state index contributed by atoms with van der Waals surface area (Å²) in [4.78, 5) is 22.6. The van der Waals surface area contributed by atoms with Crippen LogP contribution in [0.25, 0.3) is 0 Å². The topological polar surface area (TPSA) is 101 Å². The lowest BCUT2D eigenvalue weighted by atomic mass is 10.1. The summed E-state index contributed by atoms with van der Waals surface area (Å²) in [6.45, 7) is 3.06. The van der Waals surface area contributed by atoms with Crippen molar-refractivity contribution in [2.75, 3.05) is 19.3 Å². The van der Waals surface area contributed by atoms with Gasteiger partial charge < -0.3 is 15.0 Å². The smallest absolute Gasteiger partial charge is 0.317 e. The molecule has 0 bridgehead atoms. The van der Waals surface area contributed by atoms with Crippen LogP contribution in [-0.4, -0.2) is 54.8 Å². The van der Waals surface area contributed by atoms with E-state index in [4.69, 9.17) is 4.74 Å². The summed E-state index contributed by atoms with van der Waals surface area (Å²) in [7, 11) is -3.23. The molecule has 1 saturated heterocycles. The van der Waals surface area contributed by atoms with Gasteiger partial charge in [0.25, 0.3) is 0 Å². The lowest BCUT2D eigenvalue weighted by Gasteiger charge is -2.32. The number of carbonyl (C=O) groups excluding carboxylic acids is 1. The lowest BCUT2D eigenvalue weighted by molar-refractivity contribution is 0.106. The third kappa shape index (κ3) is 5.19. The van der Waals surface area contributed by atoms with Gasteiger partial charge in [-0.2, -0.15) is 0 Å². The van der Waals surface area contributed by atoms with E-state index in [-0.39, 0.29) is 23.1 Å². The molecule has 3 rings (SSSR count). The Hall–Kier alpha value is -2.68. The molecule has 0 aliphatic carbocycles. The molecule has 1 aliphatic heterocycles. The van der Waals surface area contributed by atoms with Crippen LogP contribution in [-0.2, 0) is 9.84 Å². The molecular formula is C19H24N4O4S. The second-order valence-electron chi connectivity index (χ2n) is 6.86. The van der Waals surface area contributed by atoms with Gasteiger partial charge in [-0.25, -0.2) is 18.2 Å². The fraction of sp³-hybridized carbons (Fsp3) is 0.421. The van der Waals surface area contributed by atoms with Crippen molar-refractivity contribution in [2.45, 2.75) is 36.8 Å². The first-order chi connectivity index (χ1) is 13.3. The van der Waals surface area contributed by atoms with E-state index in [1.807, 2.05) is 6.92 Å². The molecule has 2 amide bonds. The van der Waals surface area contributed by atoms with Gasteiger partial charge in [-0.05, 0) is 24.6 Å². The Morgan fingerprint density at radius 2 is 1.89 bits per heavy atom. The van der Waals surface area contributed by atoms with E-state index in [0.29, 0.717) is 19.0 Å². The van der Waals surface area contributed by atoms with Gasteiger partial charge >= 0.3 is 6.03 Å². The van der Waals surface area contributed by atoms with Crippen LogP contribution >= 0.6 is 0 Å². The van der Waals surface area contributed by atoms with Crippen molar-refractivity contribution in [3.05, 3.63) is 48.4 Å². The van der Waals surface area contributed by atoms with Crippen molar-refractivity contribution in [1.82, 2.24) is 20.2 Å². The van der Waals surface area contributed by atoms with Crippen molar-refractivity contribution < 1.29 is 17.9 Å². The number of rotatable bonds is 5. The molecule has 150 valence electrons. The molecule has 1 unspecified atom stereocenters. The minimum atomic E-state index is -3.23. The molecule has 8 nitrogen and oxygen atoms in total. The molecule has 1 aromatic carbocycles. The molecule has 28 heavy (non-hydrogen) atoms. The van der Waals surface area contributed by atoms with Crippen LogP contribution in [0.2, 0.25) is 0 Å². The molecule has 0 radical (unpaired) electrons. The van der Waals surface area contributed by atoms with Crippen LogP contribution in [0.4, 0.5) is 4.79 Å². The van der Waals surface area contributed by atoms with Crippen LogP contribution in [0.1, 0.15) is 31.4 Å². The molecular weight excluding hydrogens is 380 g/mol. The van der Waals surface area contributed by atoms with E-state index < -0.39 is 9.84 Å². The van der Waals surface area contributed by atoms with E-state index in [1.165, 1.54) is 6.26 Å². The summed E-state index contributed by atoms with van der Waals surface area (Å²) in [5, 5.41) is 2.96. The maximum absolute atomic E-state index is 12.5. The van der Waals surface area contributed by atoms with E-state index in [1.54, 1.807) is 47.8 Å². The first kappa shape index (κ1) is 20.1. The monoisotopic (exact) mass is 404 g/mol. The summed E-state index contributed by atoms with van der Waals surface area (Å²) in [6.07, 6.45) is 7.39. The second-order valence-corrected chi connectivity index (χ2v) is 8.88. The van der Waals surface area contributed by atoms with Crippen molar-refractivity contribution in [3.63, 3.8) is 0 Å². The predicted octanol–water partition coefficient (Wildman–Crippen LogP) is 2.19. The van der Waals surface area contributed by atoms with E-state index in [0.717, 1.165) is 18.4 Å². The molecule has 2 aromatic rings.